The largest absolute Gasteiger partial charge is 0.370 e. The highest BCUT2D eigenvalue weighted by Gasteiger charge is 2.35. The molecule has 2 fully saturated rings. The van der Waals surface area contributed by atoms with Gasteiger partial charge in [0.25, 0.3) is 0 Å². The van der Waals surface area contributed by atoms with Gasteiger partial charge in [-0.15, -0.1) is 0 Å². The molecule has 3 rings (SSSR count). The Labute approximate surface area is 177 Å². The van der Waals surface area contributed by atoms with Crippen LogP contribution in [0.5, 0.6) is 0 Å². The van der Waals surface area contributed by atoms with E-state index in [1.807, 2.05) is 6.07 Å². The van der Waals surface area contributed by atoms with Crippen molar-refractivity contribution in [3.05, 3.63) is 18.5 Å². The van der Waals surface area contributed by atoms with E-state index in [1.54, 1.807) is 12.4 Å². The number of nitrogens with one attached hydrogen (secondary N) is 3. The van der Waals surface area contributed by atoms with Crippen molar-refractivity contribution in [3.8, 4) is 0 Å². The third kappa shape index (κ3) is 5.86. The van der Waals surface area contributed by atoms with Crippen LogP contribution >= 0.6 is 0 Å². The highest BCUT2D eigenvalue weighted by molar-refractivity contribution is 5.96. The van der Waals surface area contributed by atoms with Crippen LogP contribution in [0.4, 0.5) is 15.8 Å². The molecule has 168 valence electrons. The maximum absolute atomic E-state index is 13.4. The number of nitrogens with zero attached hydrogens (tertiary/aromatic N) is 3. The van der Waals surface area contributed by atoms with Crippen LogP contribution in [0, 0.1) is 11.8 Å². The normalized spacial score (nSPS) is 24.3. The number of halogens is 1. The van der Waals surface area contributed by atoms with Gasteiger partial charge in [0.1, 0.15) is 6.17 Å². The lowest BCUT2D eigenvalue weighted by atomic mass is 9.96. The summed E-state index contributed by atoms with van der Waals surface area (Å²) in [5.41, 5.74) is 13.4. The van der Waals surface area contributed by atoms with Gasteiger partial charge in [-0.05, 0) is 38.9 Å². The summed E-state index contributed by atoms with van der Waals surface area (Å²) in [6, 6.07) is 1.92. The van der Waals surface area contributed by atoms with E-state index in [9.17, 15) is 9.18 Å². The fraction of sp³-hybridized carbons (Fsp3) is 0.700. The molecule has 2 saturated heterocycles. The van der Waals surface area contributed by atoms with Gasteiger partial charge in [-0.3, -0.25) is 20.4 Å². The first kappa shape index (κ1) is 22.8. The predicted octanol–water partition coefficient (Wildman–Crippen LogP) is -0.485. The molecule has 1 amide bonds. The SMILES string of the molecule is CN(C)CC1CCN(c2ccncc2NC(=O)C(C(N)N)C2NCC(F)CN2)CC1. The second kappa shape index (κ2) is 10.5. The van der Waals surface area contributed by atoms with Crippen molar-refractivity contribution >= 4 is 17.3 Å². The maximum Gasteiger partial charge on any atom is 0.233 e. The van der Waals surface area contributed by atoms with Crippen molar-refractivity contribution in [2.45, 2.75) is 31.3 Å². The van der Waals surface area contributed by atoms with E-state index in [0.29, 0.717) is 11.6 Å². The molecule has 2 aliphatic heterocycles. The third-order valence-electron chi connectivity index (χ3n) is 5.83. The van der Waals surface area contributed by atoms with Crippen molar-refractivity contribution < 1.29 is 9.18 Å². The minimum absolute atomic E-state index is 0.161. The minimum atomic E-state index is -1.00. The maximum atomic E-state index is 13.4. The van der Waals surface area contributed by atoms with Crippen LogP contribution in [-0.2, 0) is 4.79 Å². The zero-order valence-corrected chi connectivity index (χ0v) is 17.9. The molecular weight excluding hydrogens is 387 g/mol. The molecule has 1 aromatic heterocycles. The predicted molar refractivity (Wildman–Crippen MR) is 117 cm³/mol. The molecule has 1 aromatic rings. The molecule has 0 aromatic carbocycles. The molecule has 0 aliphatic carbocycles. The summed E-state index contributed by atoms with van der Waals surface area (Å²) in [4.78, 5) is 21.7. The smallest absolute Gasteiger partial charge is 0.233 e. The van der Waals surface area contributed by atoms with E-state index in [0.717, 1.165) is 38.2 Å². The number of hydrogen-bond donors (Lipinski definition) is 5. The summed E-state index contributed by atoms with van der Waals surface area (Å²) in [6.07, 6.45) is 3.20. The number of nitrogens with two attached hydrogens (primary N) is 2. The number of carbonyl (C=O) groups is 1. The van der Waals surface area contributed by atoms with Gasteiger partial charge in [-0.25, -0.2) is 4.39 Å². The molecule has 30 heavy (non-hydrogen) atoms. The first-order chi connectivity index (χ1) is 14.3. The second-order valence-electron chi connectivity index (χ2n) is 8.57. The fourth-order valence-corrected chi connectivity index (χ4v) is 4.30. The molecule has 0 radical (unpaired) electrons. The molecular formula is C20H35FN8O. The molecule has 1 atom stereocenters. The van der Waals surface area contributed by atoms with E-state index in [2.05, 4.69) is 44.8 Å². The number of alkyl halides is 1. The highest BCUT2D eigenvalue weighted by atomic mass is 19.1. The summed E-state index contributed by atoms with van der Waals surface area (Å²) < 4.78 is 13.4. The first-order valence-corrected chi connectivity index (χ1v) is 10.6. The number of carbonyl (C=O) groups excluding carboxylic acids is 1. The quantitative estimate of drug-likeness (QED) is 0.373. The Morgan fingerprint density at radius 2 is 2.00 bits per heavy atom. The van der Waals surface area contributed by atoms with Gasteiger partial charge < -0.3 is 26.6 Å². The highest BCUT2D eigenvalue weighted by Crippen LogP contribution is 2.30. The molecule has 7 N–H and O–H groups in total. The van der Waals surface area contributed by atoms with Crippen molar-refractivity contribution in [2.24, 2.45) is 23.3 Å². The van der Waals surface area contributed by atoms with Crippen LogP contribution in [-0.4, -0.2) is 81.1 Å². The lowest BCUT2D eigenvalue weighted by Crippen LogP contribution is -2.64. The van der Waals surface area contributed by atoms with E-state index in [-0.39, 0.29) is 19.0 Å². The Morgan fingerprint density at radius 1 is 1.33 bits per heavy atom. The van der Waals surface area contributed by atoms with Crippen LogP contribution in [0.3, 0.4) is 0 Å². The first-order valence-electron chi connectivity index (χ1n) is 10.6. The zero-order chi connectivity index (χ0) is 21.7. The summed E-state index contributed by atoms with van der Waals surface area (Å²) in [6.45, 7) is 3.26. The number of anilines is 2. The lowest BCUT2D eigenvalue weighted by Gasteiger charge is -2.36. The standard InChI is InChI=1S/C20H35FN8O/c1-28(2)12-13-4-7-29(8-5-13)16-3-6-24-11-15(16)27-20(30)17(18(22)23)19-25-9-14(21)10-26-19/h3,6,11,13-14,17-19,25-26H,4-5,7-10,12,22-23H2,1-2H3,(H,27,30). The molecule has 0 saturated carbocycles. The topological polar surface area (TPSA) is 125 Å². The number of pyridine rings is 1. The molecule has 0 bridgehead atoms. The van der Waals surface area contributed by atoms with Gasteiger partial charge in [-0.2, -0.15) is 0 Å². The fourth-order valence-electron chi connectivity index (χ4n) is 4.30. The molecule has 1 unspecified atom stereocenters. The second-order valence-corrected chi connectivity index (χ2v) is 8.57. The molecule has 2 aliphatic rings. The van der Waals surface area contributed by atoms with Crippen LogP contribution < -0.4 is 32.3 Å². The van der Waals surface area contributed by atoms with Crippen molar-refractivity contribution in [1.29, 1.82) is 0 Å². The minimum Gasteiger partial charge on any atom is -0.370 e. The number of amides is 1. The van der Waals surface area contributed by atoms with Crippen molar-refractivity contribution in [2.75, 3.05) is 57.0 Å². The van der Waals surface area contributed by atoms with Gasteiger partial charge in [-0.1, -0.05) is 0 Å². The molecule has 9 nitrogen and oxygen atoms in total. The van der Waals surface area contributed by atoms with Gasteiger partial charge in [0.05, 0.1) is 35.8 Å². The molecule has 0 spiro atoms. The zero-order valence-electron chi connectivity index (χ0n) is 17.9. The Balaban J connectivity index is 1.67. The van der Waals surface area contributed by atoms with E-state index in [1.165, 1.54) is 0 Å². The van der Waals surface area contributed by atoms with E-state index < -0.39 is 24.4 Å². The van der Waals surface area contributed by atoms with Gasteiger partial charge >= 0.3 is 0 Å². The summed E-state index contributed by atoms with van der Waals surface area (Å²) >= 11 is 0. The third-order valence-corrected chi connectivity index (χ3v) is 5.83. The number of rotatable bonds is 7. The molecule has 3 heterocycles. The summed E-state index contributed by atoms with van der Waals surface area (Å²) in [5, 5.41) is 8.91. The van der Waals surface area contributed by atoms with Crippen LogP contribution in [0.25, 0.3) is 0 Å². The number of aromatic nitrogens is 1. The molecule has 10 heteroatoms. The monoisotopic (exact) mass is 422 g/mol. The van der Waals surface area contributed by atoms with Crippen LogP contribution in [0.2, 0.25) is 0 Å². The van der Waals surface area contributed by atoms with Crippen LogP contribution in [0.15, 0.2) is 18.5 Å². The average molecular weight is 423 g/mol. The Hall–Kier alpha value is -1.85. The number of hydrogen-bond acceptors (Lipinski definition) is 8. The average Bonchev–Trinajstić information content (AvgIpc) is 2.70. The number of piperidine rings is 1. The van der Waals surface area contributed by atoms with E-state index in [4.69, 9.17) is 11.5 Å². The van der Waals surface area contributed by atoms with Crippen LogP contribution in [0.1, 0.15) is 12.8 Å². The van der Waals surface area contributed by atoms with E-state index >= 15 is 0 Å². The van der Waals surface area contributed by atoms with Gasteiger partial charge in [0.2, 0.25) is 5.91 Å². The summed E-state index contributed by atoms with van der Waals surface area (Å²) in [7, 11) is 4.20. The van der Waals surface area contributed by atoms with Gasteiger partial charge in [0.15, 0.2) is 0 Å². The van der Waals surface area contributed by atoms with Gasteiger partial charge in [0, 0.05) is 38.9 Å². The van der Waals surface area contributed by atoms with Crippen molar-refractivity contribution in [3.63, 3.8) is 0 Å². The Kier molecular flexibility index (Phi) is 7.95. The Morgan fingerprint density at radius 3 is 2.60 bits per heavy atom. The van der Waals surface area contributed by atoms with Crippen molar-refractivity contribution in [1.82, 2.24) is 20.5 Å². The Bertz CT molecular complexity index is 687. The summed E-state index contributed by atoms with van der Waals surface area (Å²) in [5.74, 6) is -0.390. The lowest BCUT2D eigenvalue weighted by molar-refractivity contribution is -0.122.